The number of pyridine rings is 1. The second-order valence-electron chi connectivity index (χ2n) is 8.91. The lowest BCUT2D eigenvalue weighted by atomic mass is 9.86. The lowest BCUT2D eigenvalue weighted by Gasteiger charge is -2.40. The van der Waals surface area contributed by atoms with Gasteiger partial charge in [-0.25, -0.2) is 4.79 Å². The number of terminal acetylenes is 1. The number of fused-ring (bicyclic) bond motifs is 1. The van der Waals surface area contributed by atoms with Gasteiger partial charge in [0.1, 0.15) is 23.8 Å². The summed E-state index contributed by atoms with van der Waals surface area (Å²) >= 11 is 0. The Hall–Kier alpha value is -3.20. The first-order valence-corrected chi connectivity index (χ1v) is 10.9. The van der Waals surface area contributed by atoms with E-state index in [1.165, 1.54) is 5.56 Å². The third-order valence-electron chi connectivity index (χ3n) is 5.61. The number of methoxy groups -OCH3 is 1. The summed E-state index contributed by atoms with van der Waals surface area (Å²) in [5.74, 6) is 4.20. The molecule has 1 aromatic carbocycles. The van der Waals surface area contributed by atoms with Gasteiger partial charge < -0.3 is 19.1 Å². The Kier molecular flexibility index (Phi) is 6.98. The molecule has 0 radical (unpaired) electrons. The number of carbonyl (C=O) groups excluding carboxylic acids is 1. The first kappa shape index (κ1) is 23.5. The monoisotopic (exact) mass is 436 g/mol. The molecule has 0 spiro atoms. The Balaban J connectivity index is 1.80. The van der Waals surface area contributed by atoms with E-state index in [1.54, 1.807) is 25.9 Å². The Labute approximate surface area is 190 Å². The van der Waals surface area contributed by atoms with Gasteiger partial charge in [0.2, 0.25) is 0 Å². The fourth-order valence-corrected chi connectivity index (χ4v) is 3.99. The van der Waals surface area contributed by atoms with E-state index >= 15 is 0 Å². The highest BCUT2D eigenvalue weighted by atomic mass is 16.6. The second-order valence-corrected chi connectivity index (χ2v) is 8.91. The van der Waals surface area contributed by atoms with Crippen LogP contribution in [0.15, 0.2) is 30.3 Å². The van der Waals surface area contributed by atoms with Gasteiger partial charge in [0.15, 0.2) is 5.60 Å². The van der Waals surface area contributed by atoms with Gasteiger partial charge in [0, 0.05) is 12.2 Å². The van der Waals surface area contributed by atoms with Crippen LogP contribution >= 0.6 is 0 Å². The van der Waals surface area contributed by atoms with Crippen LogP contribution in [0.5, 0.6) is 11.5 Å². The van der Waals surface area contributed by atoms with E-state index in [2.05, 4.69) is 30.8 Å². The van der Waals surface area contributed by atoms with Crippen LogP contribution in [0.1, 0.15) is 56.3 Å². The minimum Gasteiger partial charge on any atom is -0.495 e. The number of amides is 1. The van der Waals surface area contributed by atoms with Crippen LogP contribution in [-0.2, 0) is 17.8 Å². The highest BCUT2D eigenvalue weighted by Crippen LogP contribution is 2.37. The highest BCUT2D eigenvalue weighted by Gasteiger charge is 2.36. The Morgan fingerprint density at radius 1 is 1.31 bits per heavy atom. The van der Waals surface area contributed by atoms with Crippen LogP contribution in [0.4, 0.5) is 4.79 Å². The minimum atomic E-state index is -0.943. The zero-order valence-electron chi connectivity index (χ0n) is 19.8. The van der Waals surface area contributed by atoms with Gasteiger partial charge in [-0.15, -0.1) is 6.42 Å². The molecule has 2 aromatic rings. The number of rotatable bonds is 6. The molecule has 1 atom stereocenters. The van der Waals surface area contributed by atoms with Gasteiger partial charge in [-0.2, -0.15) is 0 Å². The maximum atomic E-state index is 12.9. The first-order chi connectivity index (χ1) is 15.1. The van der Waals surface area contributed by atoms with Crippen LogP contribution < -0.4 is 9.47 Å². The molecule has 3 rings (SSSR count). The van der Waals surface area contributed by atoms with Crippen LogP contribution in [0, 0.1) is 25.2 Å². The van der Waals surface area contributed by atoms with Crippen molar-refractivity contribution in [3.05, 3.63) is 52.8 Å². The summed E-state index contributed by atoms with van der Waals surface area (Å²) in [4.78, 5) is 19.2. The zero-order chi connectivity index (χ0) is 23.5. The number of carbonyl (C=O) groups is 1. The molecule has 0 bridgehead atoms. The topological polar surface area (TPSA) is 60.9 Å². The van der Waals surface area contributed by atoms with Crippen molar-refractivity contribution in [1.29, 1.82) is 0 Å². The SMILES string of the molecule is C#CC(C)(C)OC(=O)N1CCc2cc(OCc3nc(C)ccc3OC)ccc2[C@@H]1C(C)C. The van der Waals surface area contributed by atoms with E-state index in [0.29, 0.717) is 25.3 Å². The summed E-state index contributed by atoms with van der Waals surface area (Å²) in [6, 6.07) is 9.76. The van der Waals surface area contributed by atoms with Crippen LogP contribution in [0.3, 0.4) is 0 Å². The normalized spacial score (nSPS) is 15.7. The number of aromatic nitrogens is 1. The third-order valence-corrected chi connectivity index (χ3v) is 5.61. The molecular formula is C26H32N2O4. The highest BCUT2D eigenvalue weighted by molar-refractivity contribution is 5.70. The summed E-state index contributed by atoms with van der Waals surface area (Å²) < 4.78 is 17.0. The van der Waals surface area contributed by atoms with Crippen molar-refractivity contribution in [2.24, 2.45) is 5.92 Å². The molecule has 6 heteroatoms. The predicted molar refractivity (Wildman–Crippen MR) is 124 cm³/mol. The fraction of sp³-hybridized carbons (Fsp3) is 0.462. The number of nitrogens with zero attached hydrogens (tertiary/aromatic N) is 2. The summed E-state index contributed by atoms with van der Waals surface area (Å²) in [6.07, 6.45) is 5.83. The maximum Gasteiger partial charge on any atom is 0.411 e. The van der Waals surface area contributed by atoms with Crippen molar-refractivity contribution < 1.29 is 19.0 Å². The average Bonchev–Trinajstić information content (AvgIpc) is 2.76. The molecule has 6 nitrogen and oxygen atoms in total. The maximum absolute atomic E-state index is 12.9. The molecule has 0 saturated heterocycles. The van der Waals surface area contributed by atoms with Gasteiger partial charge in [-0.1, -0.05) is 25.8 Å². The van der Waals surface area contributed by atoms with Gasteiger partial charge in [0.25, 0.3) is 0 Å². The van der Waals surface area contributed by atoms with Crippen LogP contribution in [0.25, 0.3) is 0 Å². The Morgan fingerprint density at radius 3 is 2.72 bits per heavy atom. The van der Waals surface area contributed by atoms with Crippen molar-refractivity contribution in [2.45, 2.75) is 59.3 Å². The molecule has 1 aliphatic rings. The second kappa shape index (κ2) is 9.52. The number of aryl methyl sites for hydroxylation is 1. The van der Waals surface area contributed by atoms with Crippen molar-refractivity contribution >= 4 is 6.09 Å². The molecule has 0 saturated carbocycles. The van der Waals surface area contributed by atoms with Crippen molar-refractivity contribution in [2.75, 3.05) is 13.7 Å². The summed E-state index contributed by atoms with van der Waals surface area (Å²) in [6.45, 7) is 10.5. The number of ether oxygens (including phenoxy) is 3. The van der Waals surface area contributed by atoms with Crippen LogP contribution in [0.2, 0.25) is 0 Å². The van der Waals surface area contributed by atoms with E-state index < -0.39 is 5.60 Å². The molecule has 1 aliphatic heterocycles. The summed E-state index contributed by atoms with van der Waals surface area (Å²) in [5.41, 5.74) is 3.01. The standard InChI is InChI=1S/C26H32N2O4/c1-8-26(5,6)32-25(29)28-14-13-19-15-20(10-11-21(19)24(28)17(2)3)31-16-22-23(30-7)12-9-18(4)27-22/h1,9-12,15,17,24H,13-14,16H2,2-7H3/t24-/m0/s1. The smallest absolute Gasteiger partial charge is 0.411 e. The van der Waals surface area contributed by atoms with Crippen molar-refractivity contribution in [3.8, 4) is 23.8 Å². The number of hydrogen-bond donors (Lipinski definition) is 0. The predicted octanol–water partition coefficient (Wildman–Crippen LogP) is 5.08. The van der Waals surface area contributed by atoms with Gasteiger partial charge in [-0.3, -0.25) is 4.98 Å². The molecule has 0 fully saturated rings. The quantitative estimate of drug-likeness (QED) is 0.591. The van der Waals surface area contributed by atoms with Crippen molar-refractivity contribution in [1.82, 2.24) is 9.88 Å². The zero-order valence-corrected chi connectivity index (χ0v) is 19.8. The largest absolute Gasteiger partial charge is 0.495 e. The molecular weight excluding hydrogens is 404 g/mol. The van der Waals surface area contributed by atoms with Crippen molar-refractivity contribution in [3.63, 3.8) is 0 Å². The molecule has 0 N–H and O–H groups in total. The van der Waals surface area contributed by atoms with Gasteiger partial charge in [0.05, 0.1) is 13.2 Å². The molecule has 170 valence electrons. The number of benzene rings is 1. The number of hydrogen-bond acceptors (Lipinski definition) is 5. The molecule has 2 heterocycles. The van der Waals surface area contributed by atoms with E-state index in [0.717, 1.165) is 22.7 Å². The van der Waals surface area contributed by atoms with Gasteiger partial charge >= 0.3 is 6.09 Å². The van der Waals surface area contributed by atoms with E-state index in [9.17, 15) is 4.79 Å². The minimum absolute atomic E-state index is 0.0904. The van der Waals surface area contributed by atoms with Gasteiger partial charge in [-0.05, 0) is 68.5 Å². The third kappa shape index (κ3) is 5.16. The lowest BCUT2D eigenvalue weighted by molar-refractivity contribution is 0.0265. The van der Waals surface area contributed by atoms with E-state index in [4.69, 9.17) is 20.6 Å². The van der Waals surface area contributed by atoms with E-state index in [-0.39, 0.29) is 18.1 Å². The summed E-state index contributed by atoms with van der Waals surface area (Å²) in [7, 11) is 1.63. The Bertz CT molecular complexity index is 1020. The lowest BCUT2D eigenvalue weighted by Crippen LogP contribution is -2.45. The Morgan fingerprint density at radius 2 is 2.06 bits per heavy atom. The van der Waals surface area contributed by atoms with Crippen LogP contribution in [-0.4, -0.2) is 35.2 Å². The molecule has 0 aliphatic carbocycles. The fourth-order valence-electron chi connectivity index (χ4n) is 3.99. The van der Waals surface area contributed by atoms with E-state index in [1.807, 2.05) is 31.2 Å². The molecule has 1 aromatic heterocycles. The molecule has 1 amide bonds. The molecule has 0 unspecified atom stereocenters. The first-order valence-electron chi connectivity index (χ1n) is 10.9. The molecule has 32 heavy (non-hydrogen) atoms. The average molecular weight is 437 g/mol. The summed E-state index contributed by atoms with van der Waals surface area (Å²) in [5, 5.41) is 0.